The lowest BCUT2D eigenvalue weighted by molar-refractivity contribution is 0.0524. The number of rotatable bonds is 6. The van der Waals surface area contributed by atoms with Gasteiger partial charge in [0.2, 0.25) is 0 Å². The van der Waals surface area contributed by atoms with E-state index in [1.54, 1.807) is 6.07 Å². The van der Waals surface area contributed by atoms with E-state index in [0.29, 0.717) is 12.1 Å². The molecule has 4 heteroatoms. The molecule has 0 radical (unpaired) electrons. The number of amides is 1. The van der Waals surface area contributed by atoms with Gasteiger partial charge in [0.25, 0.3) is 5.91 Å². The van der Waals surface area contributed by atoms with Crippen molar-refractivity contribution in [3.05, 3.63) is 60.1 Å². The number of aryl methyl sites for hydroxylation is 1. The minimum Gasteiger partial charge on any atom is -0.472 e. The van der Waals surface area contributed by atoms with E-state index in [1.807, 2.05) is 11.0 Å². The van der Waals surface area contributed by atoms with Gasteiger partial charge in [-0.1, -0.05) is 30.3 Å². The Labute approximate surface area is 130 Å². The summed E-state index contributed by atoms with van der Waals surface area (Å²) in [7, 11) is 0. The van der Waals surface area contributed by atoms with Crippen molar-refractivity contribution in [1.82, 2.24) is 4.90 Å². The molecule has 1 aromatic heterocycles. The third-order valence-corrected chi connectivity index (χ3v) is 4.01. The zero-order chi connectivity index (χ0) is 15.2. The number of hydrogen-bond donors (Lipinski definition) is 0. The largest absolute Gasteiger partial charge is 0.472 e. The topological polar surface area (TPSA) is 42.7 Å². The minimum absolute atomic E-state index is 0.0316. The van der Waals surface area contributed by atoms with Gasteiger partial charge >= 0.3 is 0 Å². The highest BCUT2D eigenvalue weighted by Crippen LogP contribution is 2.16. The number of furan rings is 1. The molecular formula is C18H21NO3. The quantitative estimate of drug-likeness (QED) is 0.770. The number of ether oxygens (including phenoxy) is 1. The molecule has 1 saturated heterocycles. The molecular weight excluding hydrogens is 278 g/mol. The molecule has 4 nitrogen and oxygen atoms in total. The lowest BCUT2D eigenvalue weighted by atomic mass is 10.1. The van der Waals surface area contributed by atoms with Gasteiger partial charge in [0.15, 0.2) is 0 Å². The summed E-state index contributed by atoms with van der Waals surface area (Å²) >= 11 is 0. The first-order valence-corrected chi connectivity index (χ1v) is 7.80. The Balaban J connectivity index is 1.37. The van der Waals surface area contributed by atoms with Crippen molar-refractivity contribution in [2.75, 3.05) is 19.7 Å². The van der Waals surface area contributed by atoms with Gasteiger partial charge in [-0.2, -0.15) is 0 Å². The predicted octanol–water partition coefficient (Wildman–Crippen LogP) is 3.14. The maximum Gasteiger partial charge on any atom is 0.257 e. The standard InChI is InChI=1S/C18H21NO3/c20-18(16-9-12-21-14-16)19-10-8-17(13-19)22-11-4-7-15-5-2-1-3-6-15/h1-3,5-6,9,12,14,17H,4,7-8,10-11,13H2. The van der Waals surface area contributed by atoms with Gasteiger partial charge in [-0.05, 0) is 30.9 Å². The van der Waals surface area contributed by atoms with Crippen LogP contribution in [-0.2, 0) is 11.2 Å². The Hall–Kier alpha value is -2.07. The summed E-state index contributed by atoms with van der Waals surface area (Å²) in [6, 6.07) is 12.1. The van der Waals surface area contributed by atoms with E-state index in [4.69, 9.17) is 9.15 Å². The van der Waals surface area contributed by atoms with Crippen LogP contribution >= 0.6 is 0 Å². The third-order valence-electron chi connectivity index (χ3n) is 4.01. The fourth-order valence-corrected chi connectivity index (χ4v) is 2.79. The molecule has 1 fully saturated rings. The van der Waals surface area contributed by atoms with Gasteiger partial charge in [0, 0.05) is 19.7 Å². The molecule has 0 bridgehead atoms. The molecule has 0 N–H and O–H groups in total. The predicted molar refractivity (Wildman–Crippen MR) is 83.7 cm³/mol. The molecule has 1 unspecified atom stereocenters. The second-order valence-electron chi connectivity index (χ2n) is 5.63. The highest BCUT2D eigenvalue weighted by Gasteiger charge is 2.27. The van der Waals surface area contributed by atoms with E-state index in [2.05, 4.69) is 24.3 Å². The Morgan fingerprint density at radius 1 is 1.27 bits per heavy atom. The zero-order valence-electron chi connectivity index (χ0n) is 12.6. The summed E-state index contributed by atoms with van der Waals surface area (Å²) in [6.07, 6.45) is 6.14. The third kappa shape index (κ3) is 3.77. The molecule has 2 heterocycles. The molecule has 22 heavy (non-hydrogen) atoms. The normalized spacial score (nSPS) is 17.8. The zero-order valence-corrected chi connectivity index (χ0v) is 12.6. The monoisotopic (exact) mass is 299 g/mol. The van der Waals surface area contributed by atoms with E-state index in [-0.39, 0.29) is 12.0 Å². The van der Waals surface area contributed by atoms with E-state index in [1.165, 1.54) is 18.1 Å². The summed E-state index contributed by atoms with van der Waals surface area (Å²) in [5, 5.41) is 0. The van der Waals surface area contributed by atoms with Crippen molar-refractivity contribution in [1.29, 1.82) is 0 Å². The number of carbonyl (C=O) groups excluding carboxylic acids is 1. The van der Waals surface area contributed by atoms with Crippen LogP contribution in [0.25, 0.3) is 0 Å². The van der Waals surface area contributed by atoms with Gasteiger partial charge in [-0.25, -0.2) is 0 Å². The molecule has 1 amide bonds. The Morgan fingerprint density at radius 3 is 2.91 bits per heavy atom. The number of likely N-dealkylation sites (tertiary alicyclic amines) is 1. The van der Waals surface area contributed by atoms with Crippen LogP contribution in [0.15, 0.2) is 53.3 Å². The van der Waals surface area contributed by atoms with Crippen LogP contribution in [0.3, 0.4) is 0 Å². The Bertz CT molecular complexity index is 580. The maximum atomic E-state index is 12.2. The molecule has 2 aromatic rings. The van der Waals surface area contributed by atoms with Crippen LogP contribution in [0.4, 0.5) is 0 Å². The number of benzene rings is 1. The summed E-state index contributed by atoms with van der Waals surface area (Å²) in [5.41, 5.74) is 1.96. The first-order chi connectivity index (χ1) is 10.8. The average molecular weight is 299 g/mol. The molecule has 116 valence electrons. The first kappa shape index (κ1) is 14.9. The molecule has 1 atom stereocenters. The summed E-state index contributed by atoms with van der Waals surface area (Å²) in [6.45, 7) is 2.18. The van der Waals surface area contributed by atoms with Crippen LogP contribution in [-0.4, -0.2) is 36.6 Å². The lowest BCUT2D eigenvalue weighted by Gasteiger charge is -2.15. The molecule has 0 saturated carbocycles. The molecule has 1 aliphatic heterocycles. The van der Waals surface area contributed by atoms with Crippen molar-refractivity contribution in [2.45, 2.75) is 25.4 Å². The van der Waals surface area contributed by atoms with Crippen molar-refractivity contribution < 1.29 is 13.9 Å². The summed E-state index contributed by atoms with van der Waals surface area (Å²) in [4.78, 5) is 14.0. The van der Waals surface area contributed by atoms with Crippen molar-refractivity contribution in [3.8, 4) is 0 Å². The smallest absolute Gasteiger partial charge is 0.257 e. The fourth-order valence-electron chi connectivity index (χ4n) is 2.79. The summed E-state index contributed by atoms with van der Waals surface area (Å²) < 4.78 is 10.9. The van der Waals surface area contributed by atoms with Crippen LogP contribution in [0.1, 0.15) is 28.8 Å². The molecule has 1 aliphatic rings. The highest BCUT2D eigenvalue weighted by atomic mass is 16.5. The van der Waals surface area contributed by atoms with Gasteiger partial charge in [0.05, 0.1) is 17.9 Å². The highest BCUT2D eigenvalue weighted by molar-refractivity contribution is 5.94. The average Bonchev–Trinajstić information content (AvgIpc) is 3.24. The van der Waals surface area contributed by atoms with Gasteiger partial charge in [0.1, 0.15) is 6.26 Å². The second-order valence-corrected chi connectivity index (χ2v) is 5.63. The van der Waals surface area contributed by atoms with Gasteiger partial charge in [-0.3, -0.25) is 4.79 Å². The van der Waals surface area contributed by atoms with E-state index in [0.717, 1.165) is 32.4 Å². The van der Waals surface area contributed by atoms with Gasteiger partial charge < -0.3 is 14.1 Å². The Morgan fingerprint density at radius 2 is 2.14 bits per heavy atom. The van der Waals surface area contributed by atoms with E-state index >= 15 is 0 Å². The molecule has 0 aliphatic carbocycles. The van der Waals surface area contributed by atoms with Crippen molar-refractivity contribution in [2.24, 2.45) is 0 Å². The van der Waals surface area contributed by atoms with Crippen molar-refractivity contribution >= 4 is 5.91 Å². The Kier molecular flexibility index (Phi) is 4.91. The summed E-state index contributed by atoms with van der Waals surface area (Å²) in [5.74, 6) is 0.0316. The molecule has 3 rings (SSSR count). The van der Waals surface area contributed by atoms with Crippen molar-refractivity contribution in [3.63, 3.8) is 0 Å². The molecule has 1 aromatic carbocycles. The minimum atomic E-state index is 0.0316. The van der Waals surface area contributed by atoms with Crippen LogP contribution in [0.2, 0.25) is 0 Å². The van der Waals surface area contributed by atoms with E-state index < -0.39 is 0 Å². The van der Waals surface area contributed by atoms with Crippen LogP contribution in [0.5, 0.6) is 0 Å². The second kappa shape index (κ2) is 7.27. The van der Waals surface area contributed by atoms with Gasteiger partial charge in [-0.15, -0.1) is 0 Å². The maximum absolute atomic E-state index is 12.2. The fraction of sp³-hybridized carbons (Fsp3) is 0.389. The van der Waals surface area contributed by atoms with Crippen LogP contribution in [0, 0.1) is 0 Å². The molecule has 0 spiro atoms. The SMILES string of the molecule is O=C(c1ccoc1)N1CCC(OCCCc2ccccc2)C1. The first-order valence-electron chi connectivity index (χ1n) is 7.80. The lowest BCUT2D eigenvalue weighted by Crippen LogP contribution is -2.30. The number of nitrogens with zero attached hydrogens (tertiary/aromatic N) is 1. The van der Waals surface area contributed by atoms with Crippen LogP contribution < -0.4 is 0 Å². The number of hydrogen-bond acceptors (Lipinski definition) is 3. The number of carbonyl (C=O) groups is 1. The van der Waals surface area contributed by atoms with E-state index in [9.17, 15) is 4.79 Å².